The van der Waals surface area contributed by atoms with Crippen LogP contribution >= 0.6 is 23.5 Å². The summed E-state index contributed by atoms with van der Waals surface area (Å²) in [6.45, 7) is 7.52. The second-order valence-electron chi connectivity index (χ2n) is 7.03. The summed E-state index contributed by atoms with van der Waals surface area (Å²) in [4.78, 5) is 16.2. The number of nitrogens with zero attached hydrogens (tertiary/aromatic N) is 4. The molecule has 0 spiro atoms. The summed E-state index contributed by atoms with van der Waals surface area (Å²) in [5, 5.41) is 10.0. The van der Waals surface area contributed by atoms with Crippen LogP contribution in [-0.2, 0) is 11.3 Å². The third-order valence-corrected chi connectivity index (χ3v) is 7.06. The Hall–Kier alpha value is -1.73. The summed E-state index contributed by atoms with van der Waals surface area (Å²) in [6.07, 6.45) is 5.22. The minimum Gasteiger partial charge on any atom is -0.311 e. The summed E-state index contributed by atoms with van der Waals surface area (Å²) < 4.78 is 2.11. The minimum atomic E-state index is 0.128. The van der Waals surface area contributed by atoms with Gasteiger partial charge in [0.05, 0.1) is 11.4 Å². The lowest BCUT2D eigenvalue weighted by Gasteiger charge is -2.22. The molecule has 0 bridgehead atoms. The number of hydrogen-bond acceptors (Lipinski definition) is 5. The van der Waals surface area contributed by atoms with Crippen molar-refractivity contribution in [3.63, 3.8) is 0 Å². The second-order valence-corrected chi connectivity index (χ2v) is 9.46. The number of allylic oxidation sites excluding steroid dienone is 1. The van der Waals surface area contributed by atoms with E-state index in [1.54, 1.807) is 0 Å². The number of carbonyl (C=O) groups is 1. The first kappa shape index (κ1) is 18.6. The smallest absolute Gasteiger partial charge is 0.237 e. The maximum absolute atomic E-state index is 13.0. The zero-order valence-corrected chi connectivity index (χ0v) is 17.1. The highest BCUT2D eigenvalue weighted by Crippen LogP contribution is 2.40. The van der Waals surface area contributed by atoms with Crippen LogP contribution in [0.3, 0.4) is 0 Å². The van der Waals surface area contributed by atoms with Crippen LogP contribution in [0.1, 0.15) is 37.9 Å². The average Bonchev–Trinajstić information content (AvgIpc) is 3.45. The van der Waals surface area contributed by atoms with E-state index in [0.717, 1.165) is 29.6 Å². The third kappa shape index (κ3) is 4.09. The van der Waals surface area contributed by atoms with Crippen LogP contribution in [0, 0.1) is 0 Å². The predicted molar refractivity (Wildman–Crippen MR) is 112 cm³/mol. The molecule has 1 amide bonds. The van der Waals surface area contributed by atoms with Crippen molar-refractivity contribution >= 4 is 35.1 Å². The Morgan fingerprint density at radius 2 is 2.15 bits per heavy atom. The first-order valence-corrected chi connectivity index (χ1v) is 11.3. The van der Waals surface area contributed by atoms with Crippen molar-refractivity contribution in [2.45, 2.75) is 54.0 Å². The Morgan fingerprint density at radius 1 is 1.33 bits per heavy atom. The van der Waals surface area contributed by atoms with E-state index in [-0.39, 0.29) is 5.91 Å². The molecule has 4 rings (SSSR count). The standard InChI is InChI=1S/C20H24N4OS2/c1-3-11-24-19(15-8-9-15)21-22-20(24)26-13-18(25)23-12-10-14(2)27-17-7-5-4-6-16(17)23/h3-7,14-15H,1,8-13H2,2H3/t14-/m0/s1. The monoisotopic (exact) mass is 400 g/mol. The van der Waals surface area contributed by atoms with Crippen molar-refractivity contribution in [3.05, 3.63) is 42.7 Å². The number of aromatic nitrogens is 3. The van der Waals surface area contributed by atoms with E-state index in [9.17, 15) is 4.79 Å². The molecule has 2 aliphatic rings. The number of benzene rings is 1. The molecule has 1 atom stereocenters. The Morgan fingerprint density at radius 3 is 2.93 bits per heavy atom. The fraction of sp³-hybridized carbons (Fsp3) is 0.450. The highest BCUT2D eigenvalue weighted by molar-refractivity contribution is 8.00. The zero-order valence-electron chi connectivity index (χ0n) is 15.5. The van der Waals surface area contributed by atoms with Gasteiger partial charge in [-0.05, 0) is 31.4 Å². The first-order chi connectivity index (χ1) is 13.2. The van der Waals surface area contributed by atoms with Crippen molar-refractivity contribution in [2.24, 2.45) is 0 Å². The zero-order chi connectivity index (χ0) is 18.8. The van der Waals surface area contributed by atoms with Crippen LogP contribution in [0.25, 0.3) is 0 Å². The molecule has 5 nitrogen and oxygen atoms in total. The molecule has 0 radical (unpaired) electrons. The Kier molecular flexibility index (Phi) is 5.59. The number of fused-ring (bicyclic) bond motifs is 1. The highest BCUT2D eigenvalue weighted by atomic mass is 32.2. The van der Waals surface area contributed by atoms with Crippen LogP contribution in [0.15, 0.2) is 47.0 Å². The molecule has 7 heteroatoms. The average molecular weight is 401 g/mol. The summed E-state index contributed by atoms with van der Waals surface area (Å²) in [5.74, 6) is 2.06. The molecule has 1 aliphatic carbocycles. The largest absolute Gasteiger partial charge is 0.311 e. The van der Waals surface area contributed by atoms with Crippen LogP contribution in [0.4, 0.5) is 5.69 Å². The fourth-order valence-corrected chi connectivity index (χ4v) is 5.24. The minimum absolute atomic E-state index is 0.128. The number of thioether (sulfide) groups is 2. The number of amides is 1. The van der Waals surface area contributed by atoms with Gasteiger partial charge in [0.2, 0.25) is 5.91 Å². The van der Waals surface area contributed by atoms with Crippen molar-refractivity contribution in [1.82, 2.24) is 14.8 Å². The second kappa shape index (κ2) is 8.10. The first-order valence-electron chi connectivity index (χ1n) is 9.40. The van der Waals surface area contributed by atoms with Crippen molar-refractivity contribution < 1.29 is 4.79 Å². The Labute approximate surface area is 168 Å². The van der Waals surface area contributed by atoms with Gasteiger partial charge in [0, 0.05) is 29.2 Å². The van der Waals surface area contributed by atoms with Gasteiger partial charge in [0.15, 0.2) is 5.16 Å². The van der Waals surface area contributed by atoms with E-state index < -0.39 is 0 Å². The van der Waals surface area contributed by atoms with Crippen molar-refractivity contribution in [3.8, 4) is 0 Å². The molecule has 0 unspecified atom stereocenters. The lowest BCUT2D eigenvalue weighted by atomic mass is 10.2. The number of rotatable bonds is 6. The third-order valence-electron chi connectivity index (χ3n) is 4.87. The number of para-hydroxylation sites is 1. The molecule has 1 fully saturated rings. The van der Waals surface area contributed by atoms with E-state index in [1.807, 2.05) is 40.9 Å². The van der Waals surface area contributed by atoms with Gasteiger partial charge in [-0.2, -0.15) is 0 Å². The van der Waals surface area contributed by atoms with E-state index >= 15 is 0 Å². The fourth-order valence-electron chi connectivity index (χ4n) is 3.30. The lowest BCUT2D eigenvalue weighted by molar-refractivity contribution is -0.116. The molecule has 1 aliphatic heterocycles. The summed E-state index contributed by atoms with van der Waals surface area (Å²) in [5.41, 5.74) is 1.03. The molecule has 1 aromatic carbocycles. The molecule has 1 aromatic heterocycles. The highest BCUT2D eigenvalue weighted by Gasteiger charge is 2.30. The predicted octanol–water partition coefficient (Wildman–Crippen LogP) is 4.35. The van der Waals surface area contributed by atoms with Gasteiger partial charge in [-0.25, -0.2) is 0 Å². The Balaban J connectivity index is 1.49. The summed E-state index contributed by atoms with van der Waals surface area (Å²) in [6, 6.07) is 8.20. The van der Waals surface area contributed by atoms with Crippen LogP contribution < -0.4 is 4.90 Å². The van der Waals surface area contributed by atoms with Gasteiger partial charge < -0.3 is 9.47 Å². The lowest BCUT2D eigenvalue weighted by Crippen LogP contribution is -2.33. The molecular weight excluding hydrogens is 376 g/mol. The number of hydrogen-bond donors (Lipinski definition) is 0. The number of anilines is 1. The van der Waals surface area contributed by atoms with Gasteiger partial charge in [-0.3, -0.25) is 4.79 Å². The van der Waals surface area contributed by atoms with E-state index in [0.29, 0.717) is 23.5 Å². The van der Waals surface area contributed by atoms with Crippen molar-refractivity contribution in [2.75, 3.05) is 17.2 Å². The molecule has 27 heavy (non-hydrogen) atoms. The molecule has 0 N–H and O–H groups in total. The number of carbonyl (C=O) groups excluding carboxylic acids is 1. The van der Waals surface area contributed by atoms with Gasteiger partial charge in [-0.1, -0.05) is 36.9 Å². The Bertz CT molecular complexity index is 846. The van der Waals surface area contributed by atoms with Gasteiger partial charge in [0.25, 0.3) is 0 Å². The molecular formula is C20H24N4OS2. The van der Waals surface area contributed by atoms with Crippen LogP contribution in [-0.4, -0.2) is 38.2 Å². The van der Waals surface area contributed by atoms with E-state index in [4.69, 9.17) is 0 Å². The molecule has 142 valence electrons. The molecule has 2 aromatic rings. The summed E-state index contributed by atoms with van der Waals surface area (Å²) in [7, 11) is 0. The molecule has 0 saturated heterocycles. The van der Waals surface area contributed by atoms with Crippen molar-refractivity contribution in [1.29, 1.82) is 0 Å². The van der Waals surface area contributed by atoms with Gasteiger partial charge >= 0.3 is 0 Å². The summed E-state index contributed by atoms with van der Waals surface area (Å²) >= 11 is 3.33. The van der Waals surface area contributed by atoms with Gasteiger partial charge in [0.1, 0.15) is 5.82 Å². The van der Waals surface area contributed by atoms with E-state index in [1.165, 1.54) is 29.5 Å². The van der Waals surface area contributed by atoms with Crippen LogP contribution in [0.5, 0.6) is 0 Å². The maximum Gasteiger partial charge on any atom is 0.237 e. The SMILES string of the molecule is C=CCn1c(SCC(=O)N2CC[C@H](C)Sc3ccccc32)nnc1C1CC1. The normalized spacial score (nSPS) is 19.4. The quantitative estimate of drug-likeness (QED) is 0.533. The van der Waals surface area contributed by atoms with Gasteiger partial charge in [-0.15, -0.1) is 28.5 Å². The molecule has 2 heterocycles. The maximum atomic E-state index is 13.0. The van der Waals surface area contributed by atoms with E-state index in [2.05, 4.69) is 34.3 Å². The topological polar surface area (TPSA) is 51.0 Å². The molecule has 1 saturated carbocycles. The van der Waals surface area contributed by atoms with Crippen LogP contribution in [0.2, 0.25) is 0 Å².